The molecular weight excluding hydrogens is 246 g/mol. The maximum atomic E-state index is 8.89. The van der Waals surface area contributed by atoms with E-state index in [0.29, 0.717) is 17.3 Å². The predicted octanol–water partition coefficient (Wildman–Crippen LogP) is 1.30. The van der Waals surface area contributed by atoms with E-state index in [0.717, 1.165) is 11.1 Å². The predicted molar refractivity (Wildman–Crippen MR) is 68.3 cm³/mol. The Balaban J connectivity index is 2.20. The fraction of sp³-hybridized carbons (Fsp3) is 0.333. The first kappa shape index (κ1) is 13.0. The number of hydrogen-bond acceptors (Lipinski definition) is 6. The van der Waals surface area contributed by atoms with E-state index in [4.69, 9.17) is 9.94 Å². The summed E-state index contributed by atoms with van der Waals surface area (Å²) in [7, 11) is 1.69. The fourth-order valence-corrected chi connectivity index (χ4v) is 1.63. The zero-order valence-electron chi connectivity index (χ0n) is 11.0. The lowest BCUT2D eigenvalue weighted by atomic mass is 10.1. The van der Waals surface area contributed by atoms with Gasteiger partial charge in [-0.15, -0.1) is 10.2 Å². The maximum Gasteiger partial charge on any atom is 0.212 e. The number of oxime groups is 1. The summed E-state index contributed by atoms with van der Waals surface area (Å²) in [6, 6.07) is 5.65. The van der Waals surface area contributed by atoms with Crippen LogP contribution < -0.4 is 4.74 Å². The monoisotopic (exact) mass is 261 g/mol. The quantitative estimate of drug-likeness (QED) is 0.509. The molecule has 7 nitrogen and oxygen atoms in total. The topological polar surface area (TPSA) is 85.4 Å². The van der Waals surface area contributed by atoms with Crippen LogP contribution in [0.3, 0.4) is 0 Å². The molecule has 100 valence electrons. The minimum Gasteiger partial charge on any atom is -0.485 e. The molecule has 0 spiro atoms. The van der Waals surface area contributed by atoms with Gasteiger partial charge in [0.15, 0.2) is 6.61 Å². The molecule has 0 saturated heterocycles. The summed E-state index contributed by atoms with van der Waals surface area (Å²) < 4.78 is 5.64. The maximum absolute atomic E-state index is 8.89. The van der Waals surface area contributed by atoms with Crippen LogP contribution >= 0.6 is 0 Å². The van der Waals surface area contributed by atoms with Gasteiger partial charge in [0.05, 0.1) is 12.8 Å². The third-order valence-corrected chi connectivity index (χ3v) is 2.58. The molecule has 0 bridgehead atoms. The van der Waals surface area contributed by atoms with Crippen molar-refractivity contribution >= 4 is 5.71 Å². The van der Waals surface area contributed by atoms with Gasteiger partial charge in [0, 0.05) is 5.56 Å². The number of aromatic nitrogens is 4. The average molecular weight is 261 g/mol. The molecule has 0 radical (unpaired) electrons. The minimum atomic E-state index is 0.211. The lowest BCUT2D eigenvalue weighted by Crippen LogP contribution is -2.04. The number of rotatable bonds is 4. The van der Waals surface area contributed by atoms with Gasteiger partial charge in [0.25, 0.3) is 0 Å². The molecule has 1 aromatic carbocycles. The summed E-state index contributed by atoms with van der Waals surface area (Å²) in [5.41, 5.74) is 2.29. The number of hydrogen-bond donors (Lipinski definition) is 1. The molecule has 7 heteroatoms. The molecular formula is C12H15N5O2. The zero-order chi connectivity index (χ0) is 13.8. The van der Waals surface area contributed by atoms with Crippen molar-refractivity contribution in [2.45, 2.75) is 20.5 Å². The number of tetrazole rings is 1. The molecule has 0 aliphatic rings. The Morgan fingerprint density at radius 3 is 2.89 bits per heavy atom. The van der Waals surface area contributed by atoms with Gasteiger partial charge in [0.1, 0.15) is 5.75 Å². The van der Waals surface area contributed by atoms with Crippen LogP contribution in [0, 0.1) is 6.92 Å². The molecule has 0 fully saturated rings. The Bertz CT molecular complexity index is 606. The van der Waals surface area contributed by atoms with Crippen molar-refractivity contribution in [2.75, 3.05) is 0 Å². The second-order valence-electron chi connectivity index (χ2n) is 4.17. The molecule has 0 atom stereocenters. The third-order valence-electron chi connectivity index (χ3n) is 2.58. The highest BCUT2D eigenvalue weighted by atomic mass is 16.5. The van der Waals surface area contributed by atoms with Crippen LogP contribution in [0.2, 0.25) is 0 Å². The summed E-state index contributed by atoms with van der Waals surface area (Å²) in [6.07, 6.45) is 0. The van der Waals surface area contributed by atoms with Gasteiger partial charge in [-0.2, -0.15) is 4.80 Å². The summed E-state index contributed by atoms with van der Waals surface area (Å²) in [4.78, 5) is 1.37. The third kappa shape index (κ3) is 3.06. The highest BCUT2D eigenvalue weighted by Gasteiger charge is 2.09. The molecule has 0 amide bonds. The normalized spacial score (nSPS) is 11.6. The van der Waals surface area contributed by atoms with Gasteiger partial charge in [-0.1, -0.05) is 16.8 Å². The van der Waals surface area contributed by atoms with Crippen molar-refractivity contribution < 1.29 is 9.94 Å². The first-order valence-electron chi connectivity index (χ1n) is 5.75. The number of benzene rings is 1. The summed E-state index contributed by atoms with van der Waals surface area (Å²) in [6.45, 7) is 3.88. The molecule has 0 aliphatic heterocycles. The average Bonchev–Trinajstić information content (AvgIpc) is 2.82. The van der Waals surface area contributed by atoms with E-state index >= 15 is 0 Å². The van der Waals surface area contributed by atoms with Crippen molar-refractivity contribution in [1.29, 1.82) is 0 Å². The Kier molecular flexibility index (Phi) is 3.74. The first-order valence-corrected chi connectivity index (χ1v) is 5.75. The summed E-state index contributed by atoms with van der Waals surface area (Å²) >= 11 is 0. The van der Waals surface area contributed by atoms with Gasteiger partial charge < -0.3 is 9.94 Å². The van der Waals surface area contributed by atoms with E-state index in [9.17, 15) is 0 Å². The molecule has 0 aliphatic carbocycles. The van der Waals surface area contributed by atoms with Crippen LogP contribution in [0.25, 0.3) is 0 Å². The number of aryl methyl sites for hydroxylation is 2. The fourth-order valence-electron chi connectivity index (χ4n) is 1.63. The van der Waals surface area contributed by atoms with E-state index in [1.54, 1.807) is 14.0 Å². The van der Waals surface area contributed by atoms with Crippen molar-refractivity contribution in [3.8, 4) is 5.75 Å². The molecule has 1 aromatic heterocycles. The van der Waals surface area contributed by atoms with Gasteiger partial charge in [-0.05, 0) is 31.2 Å². The van der Waals surface area contributed by atoms with E-state index in [2.05, 4.69) is 20.6 Å². The number of nitrogens with zero attached hydrogens (tertiary/aromatic N) is 5. The lowest BCUT2D eigenvalue weighted by Gasteiger charge is -2.10. The Hall–Kier alpha value is -2.44. The van der Waals surface area contributed by atoms with Crippen LogP contribution in [0.5, 0.6) is 5.75 Å². The van der Waals surface area contributed by atoms with Crippen molar-refractivity contribution in [2.24, 2.45) is 12.2 Å². The SMILES string of the molecule is C/C(=N/O)c1cc(C)ccc1OCc1nnn(C)n1. The van der Waals surface area contributed by atoms with Gasteiger partial charge >= 0.3 is 0 Å². The standard InChI is InChI=1S/C12H15N5O2/c1-8-4-5-11(10(6-8)9(2)15-18)19-7-12-13-16-17(3)14-12/h4-6,18H,7H2,1-3H3/b15-9-. The highest BCUT2D eigenvalue weighted by molar-refractivity contribution is 6.00. The van der Waals surface area contributed by atoms with E-state index in [1.807, 2.05) is 25.1 Å². The van der Waals surface area contributed by atoms with Crippen LogP contribution in [0.1, 0.15) is 23.9 Å². The van der Waals surface area contributed by atoms with Crippen molar-refractivity contribution in [3.63, 3.8) is 0 Å². The van der Waals surface area contributed by atoms with Crippen molar-refractivity contribution in [1.82, 2.24) is 20.2 Å². The van der Waals surface area contributed by atoms with Crippen LogP contribution in [0.4, 0.5) is 0 Å². The van der Waals surface area contributed by atoms with Crippen LogP contribution in [-0.4, -0.2) is 31.1 Å². The minimum absolute atomic E-state index is 0.211. The second-order valence-corrected chi connectivity index (χ2v) is 4.17. The molecule has 1 N–H and O–H groups in total. The Labute approximate surface area is 110 Å². The van der Waals surface area contributed by atoms with E-state index < -0.39 is 0 Å². The molecule has 0 saturated carbocycles. The molecule has 2 aromatic rings. The van der Waals surface area contributed by atoms with Crippen LogP contribution in [0.15, 0.2) is 23.4 Å². The van der Waals surface area contributed by atoms with Gasteiger partial charge in [0.2, 0.25) is 5.82 Å². The van der Waals surface area contributed by atoms with Crippen LogP contribution in [-0.2, 0) is 13.7 Å². The Morgan fingerprint density at radius 1 is 1.47 bits per heavy atom. The highest BCUT2D eigenvalue weighted by Crippen LogP contribution is 2.21. The zero-order valence-corrected chi connectivity index (χ0v) is 11.0. The molecule has 1 heterocycles. The first-order chi connectivity index (χ1) is 9.10. The van der Waals surface area contributed by atoms with Gasteiger partial charge in [-0.3, -0.25) is 0 Å². The largest absolute Gasteiger partial charge is 0.485 e. The van der Waals surface area contributed by atoms with Crippen molar-refractivity contribution in [3.05, 3.63) is 35.2 Å². The summed E-state index contributed by atoms with van der Waals surface area (Å²) in [5.74, 6) is 1.11. The second kappa shape index (κ2) is 5.47. The van der Waals surface area contributed by atoms with E-state index in [1.165, 1.54) is 4.80 Å². The lowest BCUT2D eigenvalue weighted by molar-refractivity contribution is 0.293. The Morgan fingerprint density at radius 2 is 2.26 bits per heavy atom. The molecule has 2 rings (SSSR count). The summed E-state index contributed by atoms with van der Waals surface area (Å²) in [5, 5.41) is 23.7. The smallest absolute Gasteiger partial charge is 0.212 e. The molecule has 0 unspecified atom stereocenters. The molecule has 19 heavy (non-hydrogen) atoms. The number of ether oxygens (including phenoxy) is 1. The van der Waals surface area contributed by atoms with E-state index in [-0.39, 0.29) is 6.61 Å². The van der Waals surface area contributed by atoms with Gasteiger partial charge in [-0.25, -0.2) is 0 Å².